The van der Waals surface area contributed by atoms with Crippen molar-refractivity contribution in [1.29, 1.82) is 0 Å². The first-order valence-corrected chi connectivity index (χ1v) is 14.1. The molecule has 0 spiro atoms. The van der Waals surface area contributed by atoms with Gasteiger partial charge in [-0.15, -0.1) is 11.3 Å². The Morgan fingerprint density at radius 1 is 1.10 bits per heavy atom. The van der Waals surface area contributed by atoms with E-state index in [1.807, 2.05) is 22.9 Å². The van der Waals surface area contributed by atoms with E-state index in [1.54, 1.807) is 29.6 Å². The lowest BCUT2D eigenvalue weighted by atomic mass is 10.0. The standard InChI is InChI=1S/C25H26F2N4O6S2/c1-37-24(33)30-19(11-15-5-3-2-4-6-15)22(32)28-20(23-29-21(14-38-23)18-13-25(18,26)27)12-16-7-9-17(10-8-16)31-39(34,35)36/h2-10,14,18-20,31H,11-13H2,1H3,(H,28,32)(H,30,33)(H,34,35,36)/t18?,19-,20-/m0/s1. The SMILES string of the molecule is COC(=O)N[C@@H](Cc1ccccc1)C(=O)N[C@@H](Cc1ccc(NS(=O)(=O)O)cc1)c1nc(C2CC2(F)F)cs1. The molecular formula is C25H26F2N4O6S2. The van der Waals surface area contributed by atoms with Crippen LogP contribution in [0.5, 0.6) is 0 Å². The summed E-state index contributed by atoms with van der Waals surface area (Å²) < 4.78 is 65.0. The monoisotopic (exact) mass is 580 g/mol. The normalized spacial score (nSPS) is 17.5. The number of anilines is 1. The van der Waals surface area contributed by atoms with Crippen molar-refractivity contribution in [3.05, 3.63) is 81.8 Å². The van der Waals surface area contributed by atoms with Crippen LogP contribution in [0.3, 0.4) is 0 Å². The summed E-state index contributed by atoms with van der Waals surface area (Å²) in [4.78, 5) is 29.8. The molecule has 2 amide bonds. The number of carbonyl (C=O) groups is 2. The van der Waals surface area contributed by atoms with Gasteiger partial charge in [0.25, 0.3) is 5.92 Å². The van der Waals surface area contributed by atoms with Crippen LogP contribution in [0.2, 0.25) is 0 Å². The molecule has 39 heavy (non-hydrogen) atoms. The Morgan fingerprint density at radius 3 is 2.33 bits per heavy atom. The van der Waals surface area contributed by atoms with Gasteiger partial charge in [0.1, 0.15) is 11.0 Å². The lowest BCUT2D eigenvalue weighted by Gasteiger charge is -2.22. The third kappa shape index (κ3) is 7.94. The first-order chi connectivity index (χ1) is 18.4. The number of alkyl halides is 2. The zero-order chi connectivity index (χ0) is 28.2. The second-order valence-electron chi connectivity index (χ2n) is 9.05. The fraction of sp³-hybridized carbons (Fsp3) is 0.320. The molecule has 0 saturated heterocycles. The number of thiazole rings is 1. The highest BCUT2D eigenvalue weighted by Crippen LogP contribution is 2.55. The molecule has 0 aliphatic heterocycles. The number of halogens is 2. The van der Waals surface area contributed by atoms with Crippen molar-refractivity contribution in [3.8, 4) is 0 Å². The van der Waals surface area contributed by atoms with E-state index in [2.05, 4.69) is 20.4 Å². The summed E-state index contributed by atoms with van der Waals surface area (Å²) in [5.41, 5.74) is 1.83. The molecule has 4 N–H and O–H groups in total. The summed E-state index contributed by atoms with van der Waals surface area (Å²) in [6.45, 7) is 0. The summed E-state index contributed by atoms with van der Waals surface area (Å²) >= 11 is 1.14. The topological polar surface area (TPSA) is 147 Å². The highest BCUT2D eigenvalue weighted by Gasteiger charge is 2.58. The molecule has 1 heterocycles. The lowest BCUT2D eigenvalue weighted by molar-refractivity contribution is -0.123. The number of carbonyl (C=O) groups excluding carboxylic acids is 2. The Hall–Kier alpha value is -3.62. The summed E-state index contributed by atoms with van der Waals surface area (Å²) in [6.07, 6.45) is -0.723. The first kappa shape index (κ1) is 28.4. The number of nitrogens with zero attached hydrogens (tertiary/aromatic N) is 1. The number of alkyl carbamates (subject to hydrolysis) is 1. The van der Waals surface area contributed by atoms with Crippen LogP contribution < -0.4 is 15.4 Å². The number of ether oxygens (including phenoxy) is 1. The minimum absolute atomic E-state index is 0.125. The Balaban J connectivity index is 1.57. The van der Waals surface area contributed by atoms with Gasteiger partial charge in [-0.25, -0.2) is 18.6 Å². The number of hydrogen-bond donors (Lipinski definition) is 4. The van der Waals surface area contributed by atoms with Crippen molar-refractivity contribution >= 4 is 39.3 Å². The maximum absolute atomic E-state index is 13.6. The van der Waals surface area contributed by atoms with Gasteiger partial charge in [-0.2, -0.15) is 8.42 Å². The lowest BCUT2D eigenvalue weighted by Crippen LogP contribution is -2.49. The van der Waals surface area contributed by atoms with Crippen LogP contribution in [0, 0.1) is 0 Å². The number of nitrogens with one attached hydrogen (secondary N) is 3. The number of methoxy groups -OCH3 is 1. The Labute approximate surface area is 227 Å². The van der Waals surface area contributed by atoms with Gasteiger partial charge in [0.15, 0.2) is 0 Å². The highest BCUT2D eigenvalue weighted by molar-refractivity contribution is 7.87. The summed E-state index contributed by atoms with van der Waals surface area (Å²) in [6, 6.07) is 13.3. The molecule has 1 saturated carbocycles. The predicted molar refractivity (Wildman–Crippen MR) is 140 cm³/mol. The van der Waals surface area contributed by atoms with Crippen LogP contribution in [-0.2, 0) is 32.7 Å². The van der Waals surface area contributed by atoms with E-state index < -0.39 is 46.2 Å². The molecular weight excluding hydrogens is 554 g/mol. The van der Waals surface area contributed by atoms with Crippen molar-refractivity contribution < 1.29 is 36.1 Å². The van der Waals surface area contributed by atoms with Gasteiger partial charge >= 0.3 is 16.4 Å². The van der Waals surface area contributed by atoms with Gasteiger partial charge in [-0.3, -0.25) is 14.1 Å². The zero-order valence-electron chi connectivity index (χ0n) is 20.6. The smallest absolute Gasteiger partial charge is 0.407 e. The molecule has 1 unspecified atom stereocenters. The predicted octanol–water partition coefficient (Wildman–Crippen LogP) is 3.85. The summed E-state index contributed by atoms with van der Waals surface area (Å²) in [5, 5.41) is 7.36. The van der Waals surface area contributed by atoms with Gasteiger partial charge in [0, 0.05) is 18.2 Å². The molecule has 208 valence electrons. The van der Waals surface area contributed by atoms with Gasteiger partial charge in [-0.1, -0.05) is 42.5 Å². The van der Waals surface area contributed by atoms with E-state index in [1.165, 1.54) is 19.2 Å². The van der Waals surface area contributed by atoms with Gasteiger partial charge in [-0.05, 0) is 29.7 Å². The Bertz CT molecular complexity index is 1420. The van der Waals surface area contributed by atoms with E-state index in [4.69, 9.17) is 4.55 Å². The highest BCUT2D eigenvalue weighted by atomic mass is 32.2. The molecule has 3 atom stereocenters. The molecule has 3 aromatic rings. The number of benzene rings is 2. The van der Waals surface area contributed by atoms with Crippen LogP contribution in [0.15, 0.2) is 60.0 Å². The third-order valence-corrected chi connectivity index (χ3v) is 7.52. The van der Waals surface area contributed by atoms with Crippen LogP contribution in [0.25, 0.3) is 0 Å². The molecule has 1 fully saturated rings. The molecule has 0 bridgehead atoms. The van der Waals surface area contributed by atoms with E-state index in [-0.39, 0.29) is 30.6 Å². The Morgan fingerprint density at radius 2 is 1.74 bits per heavy atom. The second-order valence-corrected chi connectivity index (χ2v) is 11.1. The molecule has 4 rings (SSSR count). The molecule has 1 aliphatic carbocycles. The average Bonchev–Trinajstić information content (AvgIpc) is 3.27. The fourth-order valence-corrected chi connectivity index (χ4v) is 5.34. The summed E-state index contributed by atoms with van der Waals surface area (Å²) in [5.74, 6) is -4.30. The second kappa shape index (κ2) is 11.6. The largest absolute Gasteiger partial charge is 0.453 e. The third-order valence-electron chi connectivity index (χ3n) is 6.05. The quantitative estimate of drug-likeness (QED) is 0.252. The molecule has 10 nitrogen and oxygen atoms in total. The van der Waals surface area contributed by atoms with E-state index in [0.29, 0.717) is 10.6 Å². The number of aromatic nitrogens is 1. The Kier molecular flexibility index (Phi) is 8.47. The molecule has 14 heteroatoms. The fourth-order valence-electron chi connectivity index (χ4n) is 3.98. The van der Waals surface area contributed by atoms with Crippen molar-refractivity contribution in [3.63, 3.8) is 0 Å². The van der Waals surface area contributed by atoms with Crippen molar-refractivity contribution in [2.24, 2.45) is 0 Å². The molecule has 2 aromatic carbocycles. The number of amides is 2. The van der Waals surface area contributed by atoms with Crippen molar-refractivity contribution in [2.45, 2.75) is 43.2 Å². The van der Waals surface area contributed by atoms with Crippen LogP contribution >= 0.6 is 11.3 Å². The zero-order valence-corrected chi connectivity index (χ0v) is 22.3. The molecule has 1 aromatic heterocycles. The van der Waals surface area contributed by atoms with Crippen molar-refractivity contribution in [1.82, 2.24) is 15.6 Å². The first-order valence-electron chi connectivity index (χ1n) is 11.8. The van der Waals surface area contributed by atoms with E-state index >= 15 is 0 Å². The maximum atomic E-state index is 13.6. The minimum Gasteiger partial charge on any atom is -0.453 e. The molecule has 1 aliphatic rings. The molecule has 0 radical (unpaired) electrons. The summed E-state index contributed by atoms with van der Waals surface area (Å²) in [7, 11) is -3.27. The van der Waals surface area contributed by atoms with Crippen LogP contribution in [-0.4, -0.2) is 49.0 Å². The van der Waals surface area contributed by atoms with Gasteiger partial charge in [0.05, 0.1) is 30.5 Å². The average molecular weight is 581 g/mol. The minimum atomic E-state index is -4.45. The van der Waals surface area contributed by atoms with E-state index in [9.17, 15) is 26.8 Å². The van der Waals surface area contributed by atoms with Crippen LogP contribution in [0.4, 0.5) is 19.3 Å². The number of hydrogen-bond acceptors (Lipinski definition) is 7. The van der Waals surface area contributed by atoms with Gasteiger partial charge in [0.2, 0.25) is 5.91 Å². The van der Waals surface area contributed by atoms with E-state index in [0.717, 1.165) is 16.9 Å². The maximum Gasteiger partial charge on any atom is 0.407 e. The van der Waals surface area contributed by atoms with Crippen LogP contribution in [0.1, 0.15) is 40.2 Å². The van der Waals surface area contributed by atoms with Gasteiger partial charge < -0.3 is 15.4 Å². The number of rotatable bonds is 11. The van der Waals surface area contributed by atoms with Crippen molar-refractivity contribution in [2.75, 3.05) is 11.8 Å².